The highest BCUT2D eigenvalue weighted by atomic mass is 16.6. The molecule has 100 valence electrons. The average molecular weight is 264 g/mol. The predicted molar refractivity (Wildman–Crippen MR) is 68.7 cm³/mol. The molecule has 2 heterocycles. The normalized spacial score (nSPS) is 10.2. The third-order valence-electron chi connectivity index (χ3n) is 2.33. The molecule has 2 aromatic heterocycles. The number of nitrogens with one attached hydrogen (secondary N) is 2. The molecule has 0 atom stereocenters. The minimum absolute atomic E-state index is 0.0550. The zero-order chi connectivity index (χ0) is 13.8. The molecular weight excluding hydrogens is 252 g/mol. The number of nitro groups is 1. The summed E-state index contributed by atoms with van der Waals surface area (Å²) in [6, 6.07) is 3.53. The standard InChI is InChI=1S/C10H12N6O3/c1-12-9-7(16(17)18)8(11)14-10(15-9)13-5-6-3-2-4-19-6/h2-4H,5H2,1H3,(H4,11,12,13,14,15). The number of rotatable bonds is 5. The second-order valence-electron chi connectivity index (χ2n) is 3.57. The Morgan fingerprint density at radius 1 is 1.53 bits per heavy atom. The summed E-state index contributed by atoms with van der Waals surface area (Å²) in [4.78, 5) is 18.0. The molecule has 9 nitrogen and oxygen atoms in total. The zero-order valence-corrected chi connectivity index (χ0v) is 10.1. The van der Waals surface area contributed by atoms with Gasteiger partial charge in [0, 0.05) is 7.05 Å². The molecule has 2 rings (SSSR count). The summed E-state index contributed by atoms with van der Waals surface area (Å²) >= 11 is 0. The number of hydrogen-bond acceptors (Lipinski definition) is 8. The Morgan fingerprint density at radius 2 is 2.32 bits per heavy atom. The van der Waals surface area contributed by atoms with E-state index in [9.17, 15) is 10.1 Å². The highest BCUT2D eigenvalue weighted by molar-refractivity contribution is 5.69. The summed E-state index contributed by atoms with van der Waals surface area (Å²) < 4.78 is 5.13. The largest absolute Gasteiger partial charge is 0.467 e. The van der Waals surface area contributed by atoms with E-state index in [2.05, 4.69) is 20.6 Å². The van der Waals surface area contributed by atoms with Crippen molar-refractivity contribution in [1.29, 1.82) is 0 Å². The van der Waals surface area contributed by atoms with Crippen LogP contribution in [-0.4, -0.2) is 21.9 Å². The Labute approximate surface area is 108 Å². The van der Waals surface area contributed by atoms with E-state index in [-0.39, 0.29) is 23.3 Å². The highest BCUT2D eigenvalue weighted by Crippen LogP contribution is 2.28. The molecule has 0 fully saturated rings. The van der Waals surface area contributed by atoms with Crippen molar-refractivity contribution in [2.75, 3.05) is 23.4 Å². The third-order valence-corrected chi connectivity index (χ3v) is 2.33. The van der Waals surface area contributed by atoms with E-state index in [4.69, 9.17) is 10.2 Å². The molecule has 0 aliphatic carbocycles. The predicted octanol–water partition coefficient (Wildman–Crippen LogP) is 1.21. The maximum absolute atomic E-state index is 10.8. The molecule has 19 heavy (non-hydrogen) atoms. The van der Waals surface area contributed by atoms with E-state index in [1.54, 1.807) is 18.4 Å². The van der Waals surface area contributed by atoms with Crippen molar-refractivity contribution in [2.24, 2.45) is 0 Å². The molecule has 0 amide bonds. The fourth-order valence-corrected chi connectivity index (χ4v) is 1.48. The summed E-state index contributed by atoms with van der Waals surface area (Å²) in [6.45, 7) is 0.355. The first-order chi connectivity index (χ1) is 9.11. The summed E-state index contributed by atoms with van der Waals surface area (Å²) in [5.74, 6) is 0.723. The number of anilines is 3. The number of nitrogens with two attached hydrogens (primary N) is 1. The van der Waals surface area contributed by atoms with Crippen LogP contribution in [0.4, 0.5) is 23.3 Å². The van der Waals surface area contributed by atoms with Crippen LogP contribution < -0.4 is 16.4 Å². The maximum atomic E-state index is 10.8. The lowest BCUT2D eigenvalue weighted by molar-refractivity contribution is -0.383. The van der Waals surface area contributed by atoms with Crippen molar-refractivity contribution in [3.8, 4) is 0 Å². The van der Waals surface area contributed by atoms with Gasteiger partial charge in [0.05, 0.1) is 17.7 Å². The van der Waals surface area contributed by atoms with Crippen molar-refractivity contribution >= 4 is 23.3 Å². The summed E-state index contributed by atoms with van der Waals surface area (Å²) in [5.41, 5.74) is 5.21. The van der Waals surface area contributed by atoms with E-state index in [0.29, 0.717) is 12.3 Å². The van der Waals surface area contributed by atoms with Gasteiger partial charge in [-0.2, -0.15) is 9.97 Å². The molecule has 0 bridgehead atoms. The lowest BCUT2D eigenvalue weighted by atomic mass is 10.4. The van der Waals surface area contributed by atoms with Gasteiger partial charge in [0.1, 0.15) is 5.76 Å². The summed E-state index contributed by atoms with van der Waals surface area (Å²) in [5, 5.41) is 16.3. The Hall–Kier alpha value is -2.84. The minimum atomic E-state index is -0.628. The molecule has 4 N–H and O–H groups in total. The average Bonchev–Trinajstić information content (AvgIpc) is 2.88. The SMILES string of the molecule is CNc1nc(NCc2ccco2)nc(N)c1[N+](=O)[O-]. The summed E-state index contributed by atoms with van der Waals surface area (Å²) in [7, 11) is 1.52. The van der Waals surface area contributed by atoms with Crippen molar-refractivity contribution in [2.45, 2.75) is 6.54 Å². The molecular formula is C10H12N6O3. The second kappa shape index (κ2) is 5.21. The van der Waals surface area contributed by atoms with Gasteiger partial charge in [-0.15, -0.1) is 0 Å². The Bertz CT molecular complexity index is 583. The molecule has 0 saturated carbocycles. The van der Waals surface area contributed by atoms with E-state index >= 15 is 0 Å². The lowest BCUT2D eigenvalue weighted by Crippen LogP contribution is -2.10. The van der Waals surface area contributed by atoms with Gasteiger partial charge in [0.2, 0.25) is 17.6 Å². The molecule has 9 heteroatoms. The molecule has 2 aromatic rings. The van der Waals surface area contributed by atoms with Crippen molar-refractivity contribution in [3.63, 3.8) is 0 Å². The van der Waals surface area contributed by atoms with Gasteiger partial charge in [-0.25, -0.2) is 0 Å². The third kappa shape index (κ3) is 2.70. The maximum Gasteiger partial charge on any atom is 0.353 e. The van der Waals surface area contributed by atoms with Crippen molar-refractivity contribution in [3.05, 3.63) is 34.3 Å². The highest BCUT2D eigenvalue weighted by Gasteiger charge is 2.22. The van der Waals surface area contributed by atoms with Gasteiger partial charge in [-0.1, -0.05) is 0 Å². The van der Waals surface area contributed by atoms with Crippen molar-refractivity contribution < 1.29 is 9.34 Å². The first kappa shape index (κ1) is 12.6. The molecule has 0 saturated heterocycles. The lowest BCUT2D eigenvalue weighted by Gasteiger charge is -2.07. The smallest absolute Gasteiger partial charge is 0.353 e. The monoisotopic (exact) mass is 264 g/mol. The van der Waals surface area contributed by atoms with Gasteiger partial charge in [-0.05, 0) is 12.1 Å². The molecule has 0 radical (unpaired) electrons. The van der Waals surface area contributed by atoms with Gasteiger partial charge < -0.3 is 20.8 Å². The Morgan fingerprint density at radius 3 is 2.89 bits per heavy atom. The topological polar surface area (TPSA) is 132 Å². The van der Waals surface area contributed by atoms with Crippen LogP contribution >= 0.6 is 0 Å². The van der Waals surface area contributed by atoms with Gasteiger partial charge in [0.15, 0.2) is 0 Å². The van der Waals surface area contributed by atoms with Crippen LogP contribution in [0.2, 0.25) is 0 Å². The first-order valence-corrected chi connectivity index (χ1v) is 5.37. The molecule has 0 aliphatic rings. The fraction of sp³-hybridized carbons (Fsp3) is 0.200. The summed E-state index contributed by atoms with van der Waals surface area (Å²) in [6.07, 6.45) is 1.54. The number of nitrogens with zero attached hydrogens (tertiary/aromatic N) is 3. The van der Waals surface area contributed by atoms with Crippen LogP contribution in [0.25, 0.3) is 0 Å². The Balaban J connectivity index is 2.22. The molecule has 0 unspecified atom stereocenters. The van der Waals surface area contributed by atoms with Crippen LogP contribution in [-0.2, 0) is 6.54 Å². The van der Waals surface area contributed by atoms with Crippen LogP contribution in [0.15, 0.2) is 22.8 Å². The minimum Gasteiger partial charge on any atom is -0.467 e. The van der Waals surface area contributed by atoms with Crippen LogP contribution in [0, 0.1) is 10.1 Å². The van der Waals surface area contributed by atoms with E-state index in [0.717, 1.165) is 0 Å². The van der Waals surface area contributed by atoms with Crippen LogP contribution in [0.3, 0.4) is 0 Å². The molecule has 0 spiro atoms. The van der Waals surface area contributed by atoms with Gasteiger partial charge in [-0.3, -0.25) is 10.1 Å². The molecule has 0 aromatic carbocycles. The van der Waals surface area contributed by atoms with Crippen molar-refractivity contribution in [1.82, 2.24) is 9.97 Å². The quantitative estimate of drug-likeness (QED) is 0.542. The first-order valence-electron chi connectivity index (χ1n) is 5.37. The van der Waals surface area contributed by atoms with E-state index < -0.39 is 4.92 Å². The number of furan rings is 1. The number of nitrogen functional groups attached to an aromatic ring is 1. The second-order valence-corrected chi connectivity index (χ2v) is 3.57. The van der Waals surface area contributed by atoms with E-state index in [1.165, 1.54) is 7.05 Å². The number of hydrogen-bond donors (Lipinski definition) is 3. The number of aromatic nitrogens is 2. The van der Waals surface area contributed by atoms with Gasteiger partial charge >= 0.3 is 5.69 Å². The Kier molecular flexibility index (Phi) is 3.46. The fourth-order valence-electron chi connectivity index (χ4n) is 1.48. The van der Waals surface area contributed by atoms with Gasteiger partial charge in [0.25, 0.3) is 0 Å². The van der Waals surface area contributed by atoms with E-state index in [1.807, 2.05) is 0 Å². The zero-order valence-electron chi connectivity index (χ0n) is 10.1. The van der Waals surface area contributed by atoms with Crippen LogP contribution in [0.1, 0.15) is 5.76 Å². The van der Waals surface area contributed by atoms with Crippen LogP contribution in [0.5, 0.6) is 0 Å². The molecule has 0 aliphatic heterocycles.